The fraction of sp³-hybridized carbons (Fsp3) is 0.324. The van der Waals surface area contributed by atoms with Gasteiger partial charge in [-0.05, 0) is 66.0 Å². The van der Waals surface area contributed by atoms with Gasteiger partial charge in [0.2, 0.25) is 5.95 Å². The molecule has 220 valence electrons. The molecule has 4 heterocycles. The highest BCUT2D eigenvalue weighted by Crippen LogP contribution is 2.30. The summed E-state index contributed by atoms with van der Waals surface area (Å²) in [5.41, 5.74) is 6.45. The van der Waals surface area contributed by atoms with Crippen molar-refractivity contribution >= 4 is 46.3 Å². The van der Waals surface area contributed by atoms with Crippen LogP contribution in [0, 0.1) is 0 Å². The number of aromatic nitrogens is 2. The van der Waals surface area contributed by atoms with Gasteiger partial charge < -0.3 is 30.2 Å². The summed E-state index contributed by atoms with van der Waals surface area (Å²) in [6.45, 7) is 8.28. The second-order valence-corrected chi connectivity index (χ2v) is 11.9. The van der Waals surface area contributed by atoms with E-state index >= 15 is 0 Å². The first-order valence-corrected chi connectivity index (χ1v) is 15.7. The van der Waals surface area contributed by atoms with Gasteiger partial charge in [-0.3, -0.25) is 0 Å². The van der Waals surface area contributed by atoms with Crippen LogP contribution in [0.2, 0.25) is 0 Å². The van der Waals surface area contributed by atoms with Crippen LogP contribution in [-0.4, -0.2) is 54.3 Å². The predicted molar refractivity (Wildman–Crippen MR) is 180 cm³/mol. The van der Waals surface area contributed by atoms with Crippen LogP contribution in [0.5, 0.6) is 0 Å². The Morgan fingerprint density at radius 3 is 1.86 bits per heavy atom. The van der Waals surface area contributed by atoms with Crippen molar-refractivity contribution in [2.45, 2.75) is 32.5 Å². The van der Waals surface area contributed by atoms with E-state index in [2.05, 4.69) is 115 Å². The number of benzene rings is 3. The number of para-hydroxylation sites is 1. The quantitative estimate of drug-likeness (QED) is 0.275. The van der Waals surface area contributed by atoms with Gasteiger partial charge in [-0.1, -0.05) is 54.6 Å². The maximum atomic E-state index is 5.71. The Kier molecular flexibility index (Phi) is 7.96. The Morgan fingerprint density at radius 2 is 1.19 bits per heavy atom. The molecule has 0 unspecified atom stereocenters. The molecule has 0 aliphatic carbocycles. The fourth-order valence-electron chi connectivity index (χ4n) is 6.26. The first-order valence-electron chi connectivity index (χ1n) is 15.3. The number of hydrogen-bond donors (Lipinski definition) is 2. The number of piperazine rings is 1. The van der Waals surface area contributed by atoms with Crippen molar-refractivity contribution in [3.05, 3.63) is 102 Å². The molecule has 0 atom stereocenters. The van der Waals surface area contributed by atoms with Gasteiger partial charge in [0.05, 0.1) is 0 Å². The van der Waals surface area contributed by atoms with Gasteiger partial charge in [0, 0.05) is 76.3 Å². The maximum absolute atomic E-state index is 5.71. The monoisotopic (exact) mass is 590 g/mol. The first kappa shape index (κ1) is 27.5. The summed E-state index contributed by atoms with van der Waals surface area (Å²) in [4.78, 5) is 19.5. The smallest absolute Gasteiger partial charge is 0.232 e. The van der Waals surface area contributed by atoms with Crippen LogP contribution in [0.15, 0.2) is 84.9 Å². The summed E-state index contributed by atoms with van der Waals surface area (Å²) >= 11 is 5.71. The van der Waals surface area contributed by atoms with E-state index < -0.39 is 0 Å². The number of hydrogen-bond acceptors (Lipinski definition) is 7. The maximum Gasteiger partial charge on any atom is 0.232 e. The van der Waals surface area contributed by atoms with E-state index in [-0.39, 0.29) is 0 Å². The molecule has 1 aromatic heterocycles. The van der Waals surface area contributed by atoms with Crippen molar-refractivity contribution in [3.8, 4) is 0 Å². The van der Waals surface area contributed by atoms with Crippen molar-refractivity contribution in [3.63, 3.8) is 0 Å². The molecule has 8 nitrogen and oxygen atoms in total. The van der Waals surface area contributed by atoms with Crippen LogP contribution in [0.1, 0.15) is 29.5 Å². The number of nitrogens with zero attached hydrogens (tertiary/aromatic N) is 6. The van der Waals surface area contributed by atoms with Gasteiger partial charge in [-0.15, -0.1) is 0 Å². The van der Waals surface area contributed by atoms with Crippen molar-refractivity contribution in [1.29, 1.82) is 0 Å². The molecule has 9 heteroatoms. The average molecular weight is 591 g/mol. The summed E-state index contributed by atoms with van der Waals surface area (Å²) in [6.07, 6.45) is 2.56. The molecule has 7 rings (SSSR count). The number of nitrogens with one attached hydrogen (secondary N) is 2. The van der Waals surface area contributed by atoms with E-state index in [9.17, 15) is 0 Å². The van der Waals surface area contributed by atoms with Crippen molar-refractivity contribution in [2.24, 2.45) is 0 Å². The molecule has 0 amide bonds. The van der Waals surface area contributed by atoms with E-state index in [1.54, 1.807) is 0 Å². The standard InChI is InChI=1S/C34H38N8S/c43-34(35-23-26-12-14-30(15-13-26)39-16-6-7-17-39)38-33-36-31(41-20-18-40(19-21-41)29-10-2-1-3-11-29)22-32(37-33)42-24-27-8-4-5-9-28(27)25-42/h1-5,8-15,22H,6-7,16-21,23-25H2,(H2,35,36,37,38,43). The van der Waals surface area contributed by atoms with E-state index in [1.165, 1.54) is 40.9 Å². The van der Waals surface area contributed by atoms with Crippen LogP contribution in [-0.2, 0) is 19.6 Å². The summed E-state index contributed by atoms with van der Waals surface area (Å²) < 4.78 is 0. The Bertz CT molecular complexity index is 1520. The van der Waals surface area contributed by atoms with Gasteiger partial charge in [0.25, 0.3) is 0 Å². The second kappa shape index (κ2) is 12.5. The Morgan fingerprint density at radius 1 is 0.628 bits per heavy atom. The molecule has 4 aromatic rings. The lowest BCUT2D eigenvalue weighted by molar-refractivity contribution is 0.647. The third-order valence-electron chi connectivity index (χ3n) is 8.67. The Labute approximate surface area is 259 Å². The molecule has 0 bridgehead atoms. The number of fused-ring (bicyclic) bond motifs is 1. The highest BCUT2D eigenvalue weighted by molar-refractivity contribution is 7.80. The van der Waals surface area contributed by atoms with E-state index in [0.717, 1.165) is 64.0 Å². The minimum atomic E-state index is 0.519. The Balaban J connectivity index is 1.05. The summed E-state index contributed by atoms with van der Waals surface area (Å²) in [7, 11) is 0. The van der Waals surface area contributed by atoms with Crippen molar-refractivity contribution < 1.29 is 0 Å². The molecular weight excluding hydrogens is 552 g/mol. The molecule has 0 saturated carbocycles. The highest BCUT2D eigenvalue weighted by Gasteiger charge is 2.24. The van der Waals surface area contributed by atoms with Gasteiger partial charge >= 0.3 is 0 Å². The molecule has 43 heavy (non-hydrogen) atoms. The molecule has 3 aliphatic heterocycles. The number of rotatable bonds is 7. The zero-order valence-electron chi connectivity index (χ0n) is 24.5. The third-order valence-corrected chi connectivity index (χ3v) is 8.92. The van der Waals surface area contributed by atoms with Crippen molar-refractivity contribution in [1.82, 2.24) is 15.3 Å². The van der Waals surface area contributed by atoms with Gasteiger partial charge in [0.1, 0.15) is 11.6 Å². The first-order chi connectivity index (χ1) is 21.2. The predicted octanol–water partition coefficient (Wildman–Crippen LogP) is 5.41. The molecule has 3 aromatic carbocycles. The van der Waals surface area contributed by atoms with Gasteiger partial charge in [-0.25, -0.2) is 0 Å². The SMILES string of the molecule is S=C(NCc1ccc(N2CCCC2)cc1)Nc1nc(N2CCN(c3ccccc3)CC2)cc(N2Cc3ccccc3C2)n1. The lowest BCUT2D eigenvalue weighted by Crippen LogP contribution is -2.47. The molecule has 0 radical (unpaired) electrons. The van der Waals surface area contributed by atoms with Gasteiger partial charge in [0.15, 0.2) is 5.11 Å². The second-order valence-electron chi connectivity index (χ2n) is 11.5. The van der Waals surface area contributed by atoms with Crippen LogP contribution < -0.4 is 30.2 Å². The third kappa shape index (κ3) is 6.37. The zero-order chi connectivity index (χ0) is 29.0. The van der Waals surface area contributed by atoms with Crippen molar-refractivity contribution in [2.75, 3.05) is 64.2 Å². The van der Waals surface area contributed by atoms with E-state index in [0.29, 0.717) is 17.6 Å². The fourth-order valence-corrected chi connectivity index (χ4v) is 6.42. The molecule has 2 saturated heterocycles. The summed E-state index contributed by atoms with van der Waals surface area (Å²) in [5, 5.41) is 7.17. The summed E-state index contributed by atoms with van der Waals surface area (Å²) in [5.74, 6) is 2.36. The Hall–Kier alpha value is -4.37. The summed E-state index contributed by atoms with van der Waals surface area (Å²) in [6, 6.07) is 30.2. The topological polar surface area (TPSA) is 62.8 Å². The number of anilines is 5. The highest BCUT2D eigenvalue weighted by atomic mass is 32.1. The van der Waals surface area contributed by atoms with Crippen LogP contribution in [0.3, 0.4) is 0 Å². The van der Waals surface area contributed by atoms with E-state index in [1.807, 2.05) is 0 Å². The average Bonchev–Trinajstić information content (AvgIpc) is 3.76. The van der Waals surface area contributed by atoms with Gasteiger partial charge in [-0.2, -0.15) is 9.97 Å². The van der Waals surface area contributed by atoms with E-state index in [4.69, 9.17) is 22.2 Å². The zero-order valence-corrected chi connectivity index (χ0v) is 25.3. The minimum absolute atomic E-state index is 0.519. The van der Waals surface area contributed by atoms with Crippen LogP contribution >= 0.6 is 12.2 Å². The molecule has 0 spiro atoms. The van der Waals surface area contributed by atoms with Crippen LogP contribution in [0.25, 0.3) is 0 Å². The lowest BCUT2D eigenvalue weighted by Gasteiger charge is -2.37. The molecule has 2 fully saturated rings. The molecule has 2 N–H and O–H groups in total. The minimum Gasteiger partial charge on any atom is -0.372 e. The molecule has 3 aliphatic rings. The van der Waals surface area contributed by atoms with Crippen LogP contribution in [0.4, 0.5) is 29.0 Å². The lowest BCUT2D eigenvalue weighted by atomic mass is 10.1. The number of thiocarbonyl (C=S) groups is 1. The molecular formula is C34H38N8S. The normalized spacial score (nSPS) is 16.4. The largest absolute Gasteiger partial charge is 0.372 e.